The fourth-order valence-corrected chi connectivity index (χ4v) is 1.33. The first-order valence-corrected chi connectivity index (χ1v) is 3.45. The van der Waals surface area contributed by atoms with Gasteiger partial charge in [-0.1, -0.05) is 0 Å². The standard InChI is InChI=1S/C8H7F2N/c9-6-1-5-3-11-4-7(5)8(10)2-6/h1-2,11H,3-4H2. The number of rotatable bonds is 0. The van der Waals surface area contributed by atoms with Gasteiger partial charge in [0.05, 0.1) is 0 Å². The van der Waals surface area contributed by atoms with E-state index in [0.29, 0.717) is 18.7 Å². The van der Waals surface area contributed by atoms with E-state index in [1.807, 2.05) is 0 Å². The summed E-state index contributed by atoms with van der Waals surface area (Å²) >= 11 is 0. The van der Waals surface area contributed by atoms with Crippen LogP contribution in [0.4, 0.5) is 8.78 Å². The minimum atomic E-state index is -0.495. The Morgan fingerprint density at radius 1 is 1.18 bits per heavy atom. The van der Waals surface area contributed by atoms with Crippen LogP contribution in [0.2, 0.25) is 0 Å². The average Bonchev–Trinajstić information content (AvgIpc) is 2.34. The first kappa shape index (κ1) is 6.73. The molecule has 0 aliphatic carbocycles. The number of benzene rings is 1. The van der Waals surface area contributed by atoms with E-state index in [9.17, 15) is 8.78 Å². The molecule has 0 unspecified atom stereocenters. The fraction of sp³-hybridized carbons (Fsp3) is 0.250. The Labute approximate surface area is 63.0 Å². The van der Waals surface area contributed by atoms with Crippen molar-refractivity contribution in [2.24, 2.45) is 0 Å². The van der Waals surface area contributed by atoms with Crippen LogP contribution in [0.15, 0.2) is 12.1 Å². The smallest absolute Gasteiger partial charge is 0.130 e. The largest absolute Gasteiger partial charge is 0.308 e. The highest BCUT2D eigenvalue weighted by molar-refractivity contribution is 5.32. The van der Waals surface area contributed by atoms with E-state index in [1.165, 1.54) is 6.07 Å². The molecule has 0 aromatic heterocycles. The van der Waals surface area contributed by atoms with E-state index in [2.05, 4.69) is 5.32 Å². The van der Waals surface area contributed by atoms with E-state index in [-0.39, 0.29) is 0 Å². The van der Waals surface area contributed by atoms with Crippen molar-refractivity contribution in [3.05, 3.63) is 34.9 Å². The number of halogens is 2. The van der Waals surface area contributed by atoms with Crippen LogP contribution in [-0.4, -0.2) is 0 Å². The van der Waals surface area contributed by atoms with E-state index < -0.39 is 11.6 Å². The van der Waals surface area contributed by atoms with Gasteiger partial charge in [0, 0.05) is 24.7 Å². The van der Waals surface area contributed by atoms with E-state index >= 15 is 0 Å². The van der Waals surface area contributed by atoms with Crippen LogP contribution in [0.25, 0.3) is 0 Å². The molecule has 2 rings (SSSR count). The quantitative estimate of drug-likeness (QED) is 0.599. The second-order valence-corrected chi connectivity index (χ2v) is 2.63. The monoisotopic (exact) mass is 155 g/mol. The Morgan fingerprint density at radius 3 is 2.82 bits per heavy atom. The molecule has 0 saturated heterocycles. The molecule has 0 radical (unpaired) electrons. The lowest BCUT2D eigenvalue weighted by Crippen LogP contribution is -2.00. The van der Waals surface area contributed by atoms with Crippen LogP contribution in [-0.2, 0) is 13.1 Å². The summed E-state index contributed by atoms with van der Waals surface area (Å²) in [5.74, 6) is -0.935. The Balaban J connectivity index is 2.60. The number of nitrogens with one attached hydrogen (secondary N) is 1. The summed E-state index contributed by atoms with van der Waals surface area (Å²) in [6.45, 7) is 1.09. The zero-order valence-corrected chi connectivity index (χ0v) is 5.82. The second kappa shape index (κ2) is 2.27. The Bertz CT molecular complexity index is 296. The van der Waals surface area contributed by atoms with Crippen molar-refractivity contribution in [1.29, 1.82) is 0 Å². The molecule has 0 spiro atoms. The molecule has 1 nitrogen and oxygen atoms in total. The number of hydrogen-bond donors (Lipinski definition) is 1. The van der Waals surface area contributed by atoms with Gasteiger partial charge in [-0.05, 0) is 11.6 Å². The lowest BCUT2D eigenvalue weighted by molar-refractivity contribution is 0.573. The van der Waals surface area contributed by atoms with Gasteiger partial charge in [-0.25, -0.2) is 8.78 Å². The van der Waals surface area contributed by atoms with Crippen LogP contribution < -0.4 is 5.32 Å². The van der Waals surface area contributed by atoms with Gasteiger partial charge in [0.2, 0.25) is 0 Å². The van der Waals surface area contributed by atoms with Gasteiger partial charge in [-0.2, -0.15) is 0 Å². The molecule has 0 saturated carbocycles. The van der Waals surface area contributed by atoms with Crippen LogP contribution in [0.3, 0.4) is 0 Å². The zero-order chi connectivity index (χ0) is 7.84. The van der Waals surface area contributed by atoms with Crippen molar-refractivity contribution >= 4 is 0 Å². The van der Waals surface area contributed by atoms with Crippen molar-refractivity contribution < 1.29 is 8.78 Å². The van der Waals surface area contributed by atoms with Gasteiger partial charge in [-0.3, -0.25) is 0 Å². The van der Waals surface area contributed by atoms with Crippen molar-refractivity contribution in [3.8, 4) is 0 Å². The maximum absolute atomic E-state index is 12.9. The molecule has 0 fully saturated rings. The van der Waals surface area contributed by atoms with E-state index in [4.69, 9.17) is 0 Å². The van der Waals surface area contributed by atoms with Crippen LogP contribution in [0, 0.1) is 11.6 Å². The molecule has 1 aliphatic rings. The topological polar surface area (TPSA) is 12.0 Å². The molecule has 1 heterocycles. The highest BCUT2D eigenvalue weighted by Crippen LogP contribution is 2.19. The van der Waals surface area contributed by atoms with Gasteiger partial charge in [0.1, 0.15) is 11.6 Å². The lowest BCUT2D eigenvalue weighted by atomic mass is 10.1. The molecular weight excluding hydrogens is 148 g/mol. The normalized spacial score (nSPS) is 15.1. The molecule has 1 N–H and O–H groups in total. The van der Waals surface area contributed by atoms with Gasteiger partial charge < -0.3 is 5.32 Å². The molecule has 1 aromatic rings. The van der Waals surface area contributed by atoms with Crippen molar-refractivity contribution in [3.63, 3.8) is 0 Å². The molecule has 58 valence electrons. The summed E-state index contributed by atoms with van der Waals surface area (Å²) in [6.07, 6.45) is 0. The van der Waals surface area contributed by atoms with Crippen LogP contribution in [0.5, 0.6) is 0 Å². The third-order valence-electron chi connectivity index (χ3n) is 1.87. The molecular formula is C8H7F2N. The third-order valence-corrected chi connectivity index (χ3v) is 1.87. The van der Waals surface area contributed by atoms with Crippen LogP contribution in [0.1, 0.15) is 11.1 Å². The first-order chi connectivity index (χ1) is 5.27. The summed E-state index contributed by atoms with van der Waals surface area (Å²) in [6, 6.07) is 2.30. The highest BCUT2D eigenvalue weighted by Gasteiger charge is 2.15. The summed E-state index contributed by atoms with van der Waals surface area (Å²) in [4.78, 5) is 0. The predicted molar refractivity (Wildman–Crippen MR) is 36.9 cm³/mol. The summed E-state index contributed by atoms with van der Waals surface area (Å²) in [5.41, 5.74) is 1.34. The second-order valence-electron chi connectivity index (χ2n) is 2.63. The molecule has 0 atom stereocenters. The summed E-state index contributed by atoms with van der Waals surface area (Å²) in [7, 11) is 0. The minimum Gasteiger partial charge on any atom is -0.308 e. The van der Waals surface area contributed by atoms with Gasteiger partial charge >= 0.3 is 0 Å². The molecule has 1 aromatic carbocycles. The number of hydrogen-bond acceptors (Lipinski definition) is 1. The highest BCUT2D eigenvalue weighted by atomic mass is 19.1. The first-order valence-electron chi connectivity index (χ1n) is 3.45. The van der Waals surface area contributed by atoms with E-state index in [0.717, 1.165) is 11.6 Å². The fourth-order valence-electron chi connectivity index (χ4n) is 1.33. The van der Waals surface area contributed by atoms with Crippen LogP contribution >= 0.6 is 0 Å². The Kier molecular flexibility index (Phi) is 1.39. The maximum atomic E-state index is 12.9. The Morgan fingerprint density at radius 2 is 2.00 bits per heavy atom. The maximum Gasteiger partial charge on any atom is 0.130 e. The van der Waals surface area contributed by atoms with Gasteiger partial charge in [-0.15, -0.1) is 0 Å². The third kappa shape index (κ3) is 1.01. The van der Waals surface area contributed by atoms with Crippen molar-refractivity contribution in [2.45, 2.75) is 13.1 Å². The summed E-state index contributed by atoms with van der Waals surface area (Å²) in [5, 5.41) is 2.95. The molecule has 1 aliphatic heterocycles. The minimum absolute atomic E-state index is 0.440. The zero-order valence-electron chi connectivity index (χ0n) is 5.82. The Hall–Kier alpha value is -0.960. The molecule has 0 bridgehead atoms. The van der Waals surface area contributed by atoms with Crippen molar-refractivity contribution in [2.75, 3.05) is 0 Å². The molecule has 0 amide bonds. The summed E-state index contributed by atoms with van der Waals surface area (Å²) < 4.78 is 25.4. The van der Waals surface area contributed by atoms with E-state index in [1.54, 1.807) is 0 Å². The van der Waals surface area contributed by atoms with Gasteiger partial charge in [0.15, 0.2) is 0 Å². The lowest BCUT2D eigenvalue weighted by Gasteiger charge is -1.98. The number of fused-ring (bicyclic) bond motifs is 1. The van der Waals surface area contributed by atoms with Crippen molar-refractivity contribution in [1.82, 2.24) is 5.32 Å². The molecule has 3 heteroatoms. The average molecular weight is 155 g/mol. The SMILES string of the molecule is Fc1cc(F)c2c(c1)CNC2. The molecule has 11 heavy (non-hydrogen) atoms. The predicted octanol–water partition coefficient (Wildman–Crippen LogP) is 1.57. The van der Waals surface area contributed by atoms with Gasteiger partial charge in [0.25, 0.3) is 0 Å².